The Balaban J connectivity index is 2.05. The van der Waals surface area contributed by atoms with Gasteiger partial charge in [0.1, 0.15) is 0 Å². The van der Waals surface area contributed by atoms with Gasteiger partial charge in [-0.15, -0.1) is 0 Å². The molecule has 1 N–H and O–H groups in total. The van der Waals surface area contributed by atoms with E-state index in [-0.39, 0.29) is 6.10 Å². The Hall–Kier alpha value is -0.860. The van der Waals surface area contributed by atoms with Crippen LogP contribution in [0.25, 0.3) is 0 Å². The molecule has 0 aromatic heterocycles. The molecule has 1 fully saturated rings. The highest BCUT2D eigenvalue weighted by Crippen LogP contribution is 2.24. The zero-order valence-electron chi connectivity index (χ0n) is 8.56. The summed E-state index contributed by atoms with van der Waals surface area (Å²) < 4.78 is 0. The maximum absolute atomic E-state index is 9.45. The molecule has 0 aliphatic carbocycles. The summed E-state index contributed by atoms with van der Waals surface area (Å²) in [4.78, 5) is 2.33. The molecule has 2 rings (SSSR count). The third-order valence-corrected chi connectivity index (χ3v) is 3.02. The topological polar surface area (TPSA) is 23.5 Å². The van der Waals surface area contributed by atoms with Crippen molar-refractivity contribution in [3.63, 3.8) is 0 Å². The summed E-state index contributed by atoms with van der Waals surface area (Å²) in [6.45, 7) is 4.03. The molecule has 2 heteroatoms. The summed E-state index contributed by atoms with van der Waals surface area (Å²) in [6, 6.07) is 10.9. The lowest BCUT2D eigenvalue weighted by atomic mass is 10.1. The third kappa shape index (κ3) is 1.97. The Morgan fingerprint density at radius 1 is 1.36 bits per heavy atom. The maximum atomic E-state index is 9.45. The van der Waals surface area contributed by atoms with Crippen LogP contribution in [-0.2, 0) is 0 Å². The lowest BCUT2D eigenvalue weighted by molar-refractivity contribution is 0.163. The summed E-state index contributed by atoms with van der Waals surface area (Å²) in [5.74, 6) is 0. The molecular weight excluding hydrogens is 174 g/mol. The number of likely N-dealkylation sites (tertiary alicyclic amines) is 1. The second-order valence-electron chi connectivity index (χ2n) is 4.02. The number of β-amino-alcohol motifs (C(OH)–C–C–N with tert-alkyl or cyclic N) is 1. The minimum Gasteiger partial charge on any atom is -0.392 e. The number of aliphatic hydroxyl groups is 1. The smallest absolute Gasteiger partial charge is 0.0679 e. The van der Waals surface area contributed by atoms with Gasteiger partial charge in [0, 0.05) is 19.1 Å². The first kappa shape index (κ1) is 9.69. The van der Waals surface area contributed by atoms with Gasteiger partial charge in [-0.3, -0.25) is 4.90 Å². The van der Waals surface area contributed by atoms with Crippen molar-refractivity contribution in [3.05, 3.63) is 35.9 Å². The fourth-order valence-electron chi connectivity index (χ4n) is 2.06. The number of rotatable bonds is 2. The lowest BCUT2D eigenvalue weighted by Gasteiger charge is -2.24. The van der Waals surface area contributed by atoms with Gasteiger partial charge >= 0.3 is 0 Å². The van der Waals surface area contributed by atoms with Crippen LogP contribution in [0, 0.1) is 0 Å². The Bertz CT molecular complexity index is 286. The summed E-state index contributed by atoms with van der Waals surface area (Å²) >= 11 is 0. The SMILES string of the molecule is CC(c1ccccc1)N1CC[C@@H](O)C1. The molecule has 2 atom stereocenters. The van der Waals surface area contributed by atoms with Gasteiger partial charge < -0.3 is 5.11 Å². The summed E-state index contributed by atoms with van der Waals surface area (Å²) in [5.41, 5.74) is 1.33. The van der Waals surface area contributed by atoms with Crippen LogP contribution in [0.15, 0.2) is 30.3 Å². The Labute approximate surface area is 85.2 Å². The molecule has 0 amide bonds. The van der Waals surface area contributed by atoms with Gasteiger partial charge in [-0.25, -0.2) is 0 Å². The quantitative estimate of drug-likeness (QED) is 0.770. The third-order valence-electron chi connectivity index (χ3n) is 3.02. The first-order valence-electron chi connectivity index (χ1n) is 5.24. The van der Waals surface area contributed by atoms with Gasteiger partial charge in [0.05, 0.1) is 6.10 Å². The first-order valence-corrected chi connectivity index (χ1v) is 5.24. The van der Waals surface area contributed by atoms with Crippen molar-refractivity contribution < 1.29 is 5.11 Å². The molecule has 1 aromatic rings. The molecule has 0 saturated carbocycles. The van der Waals surface area contributed by atoms with Crippen molar-refractivity contribution in [3.8, 4) is 0 Å². The zero-order chi connectivity index (χ0) is 9.97. The molecule has 2 nitrogen and oxygen atoms in total. The monoisotopic (exact) mass is 191 g/mol. The van der Waals surface area contributed by atoms with E-state index in [2.05, 4.69) is 36.1 Å². The second-order valence-corrected chi connectivity index (χ2v) is 4.02. The van der Waals surface area contributed by atoms with Crippen molar-refractivity contribution in [2.45, 2.75) is 25.5 Å². The molecule has 0 spiro atoms. The average molecular weight is 191 g/mol. The highest BCUT2D eigenvalue weighted by atomic mass is 16.3. The van der Waals surface area contributed by atoms with Crippen LogP contribution in [0.5, 0.6) is 0 Å². The van der Waals surface area contributed by atoms with Gasteiger partial charge in [0.25, 0.3) is 0 Å². The standard InChI is InChI=1S/C12H17NO/c1-10(11-5-3-2-4-6-11)13-8-7-12(14)9-13/h2-6,10,12,14H,7-9H2,1H3/t10?,12-/m1/s1. The molecular formula is C12H17NO. The van der Waals surface area contributed by atoms with Crippen molar-refractivity contribution >= 4 is 0 Å². The van der Waals surface area contributed by atoms with Gasteiger partial charge in [-0.05, 0) is 18.9 Å². The second kappa shape index (κ2) is 4.11. The van der Waals surface area contributed by atoms with Gasteiger partial charge in [0.15, 0.2) is 0 Å². The van der Waals surface area contributed by atoms with E-state index in [4.69, 9.17) is 0 Å². The zero-order valence-corrected chi connectivity index (χ0v) is 8.56. The molecule has 1 aliphatic rings. The Kier molecular flexibility index (Phi) is 2.85. The highest BCUT2D eigenvalue weighted by molar-refractivity contribution is 5.18. The molecule has 1 unspecified atom stereocenters. The summed E-state index contributed by atoms with van der Waals surface area (Å²) in [6.07, 6.45) is 0.790. The average Bonchev–Trinajstić information content (AvgIpc) is 2.65. The van der Waals surface area contributed by atoms with Crippen LogP contribution >= 0.6 is 0 Å². The number of benzene rings is 1. The number of nitrogens with zero attached hydrogens (tertiary/aromatic N) is 1. The predicted molar refractivity (Wildman–Crippen MR) is 57.1 cm³/mol. The first-order chi connectivity index (χ1) is 6.77. The van der Waals surface area contributed by atoms with Crippen LogP contribution in [0.1, 0.15) is 24.9 Å². The van der Waals surface area contributed by atoms with E-state index in [0.29, 0.717) is 6.04 Å². The van der Waals surface area contributed by atoms with Crippen LogP contribution in [0.4, 0.5) is 0 Å². The van der Waals surface area contributed by atoms with Gasteiger partial charge in [-0.1, -0.05) is 30.3 Å². The van der Waals surface area contributed by atoms with Crippen molar-refractivity contribution in [1.29, 1.82) is 0 Å². The molecule has 14 heavy (non-hydrogen) atoms. The number of hydrogen-bond donors (Lipinski definition) is 1. The molecule has 1 saturated heterocycles. The van der Waals surface area contributed by atoms with Gasteiger partial charge in [0.2, 0.25) is 0 Å². The fraction of sp³-hybridized carbons (Fsp3) is 0.500. The minimum atomic E-state index is -0.124. The maximum Gasteiger partial charge on any atom is 0.0679 e. The molecule has 0 radical (unpaired) electrons. The predicted octanol–water partition coefficient (Wildman–Crippen LogP) is 1.81. The number of hydrogen-bond acceptors (Lipinski definition) is 2. The molecule has 0 bridgehead atoms. The largest absolute Gasteiger partial charge is 0.392 e. The van der Waals surface area contributed by atoms with E-state index in [1.54, 1.807) is 0 Å². The lowest BCUT2D eigenvalue weighted by Crippen LogP contribution is -2.25. The Morgan fingerprint density at radius 3 is 2.64 bits per heavy atom. The minimum absolute atomic E-state index is 0.124. The van der Waals surface area contributed by atoms with E-state index < -0.39 is 0 Å². The van der Waals surface area contributed by atoms with Crippen LogP contribution in [0.3, 0.4) is 0 Å². The van der Waals surface area contributed by atoms with E-state index in [9.17, 15) is 5.11 Å². The van der Waals surface area contributed by atoms with Crippen LogP contribution < -0.4 is 0 Å². The number of aliphatic hydroxyl groups excluding tert-OH is 1. The van der Waals surface area contributed by atoms with E-state index in [0.717, 1.165) is 19.5 Å². The molecule has 76 valence electrons. The molecule has 1 heterocycles. The van der Waals surface area contributed by atoms with E-state index in [1.165, 1.54) is 5.56 Å². The highest BCUT2D eigenvalue weighted by Gasteiger charge is 2.24. The molecule has 1 aliphatic heterocycles. The van der Waals surface area contributed by atoms with E-state index >= 15 is 0 Å². The summed E-state index contributed by atoms with van der Waals surface area (Å²) in [5, 5.41) is 9.45. The molecule has 1 aromatic carbocycles. The summed E-state index contributed by atoms with van der Waals surface area (Å²) in [7, 11) is 0. The van der Waals surface area contributed by atoms with Crippen LogP contribution in [-0.4, -0.2) is 29.2 Å². The van der Waals surface area contributed by atoms with Gasteiger partial charge in [-0.2, -0.15) is 0 Å². The van der Waals surface area contributed by atoms with E-state index in [1.807, 2.05) is 6.07 Å². The Morgan fingerprint density at radius 2 is 2.07 bits per heavy atom. The van der Waals surface area contributed by atoms with Crippen molar-refractivity contribution in [2.24, 2.45) is 0 Å². The van der Waals surface area contributed by atoms with Crippen LogP contribution in [0.2, 0.25) is 0 Å². The van der Waals surface area contributed by atoms with Crippen molar-refractivity contribution in [2.75, 3.05) is 13.1 Å². The van der Waals surface area contributed by atoms with Crippen molar-refractivity contribution in [1.82, 2.24) is 4.90 Å². The normalized spacial score (nSPS) is 25.1. The fourth-order valence-corrected chi connectivity index (χ4v) is 2.06.